The van der Waals surface area contributed by atoms with Crippen molar-refractivity contribution in [2.75, 3.05) is 6.61 Å². The predicted molar refractivity (Wildman–Crippen MR) is 110 cm³/mol. The van der Waals surface area contributed by atoms with Gasteiger partial charge in [-0.25, -0.2) is 4.79 Å². The molecule has 0 saturated carbocycles. The summed E-state index contributed by atoms with van der Waals surface area (Å²) in [5.41, 5.74) is -0.0705. The zero-order valence-electron chi connectivity index (χ0n) is 16.4. The molecule has 0 saturated heterocycles. The minimum atomic E-state index is -1.12. The molecule has 31 heavy (non-hydrogen) atoms. The molecule has 2 N–H and O–H groups in total. The lowest BCUT2D eigenvalue weighted by molar-refractivity contribution is -0.394. The maximum atomic E-state index is 12.8. The van der Waals surface area contributed by atoms with E-state index >= 15 is 0 Å². The fraction of sp³-hybridized carbons (Fsp3) is 0.200. The molecular weight excluding hydrogens is 408 g/mol. The van der Waals surface area contributed by atoms with Gasteiger partial charge in [0.15, 0.2) is 0 Å². The number of benzene rings is 2. The quantitative estimate of drug-likeness (QED) is 0.318. The Morgan fingerprint density at radius 3 is 2.55 bits per heavy atom. The molecule has 1 atom stereocenters. The molecule has 2 aromatic carbocycles. The van der Waals surface area contributed by atoms with Crippen molar-refractivity contribution in [3.63, 3.8) is 0 Å². The zero-order chi connectivity index (χ0) is 22.5. The summed E-state index contributed by atoms with van der Waals surface area (Å²) in [4.78, 5) is 48.8. The van der Waals surface area contributed by atoms with Gasteiger partial charge in [0.25, 0.3) is 17.3 Å². The predicted octanol–water partition coefficient (Wildman–Crippen LogP) is 2.89. The monoisotopic (exact) mass is 426 g/mol. The van der Waals surface area contributed by atoms with Gasteiger partial charge in [-0.1, -0.05) is 18.2 Å². The van der Waals surface area contributed by atoms with Crippen LogP contribution in [0.2, 0.25) is 0 Å². The molecule has 11 heteroatoms. The Morgan fingerprint density at radius 2 is 1.87 bits per heavy atom. The Bertz CT molecular complexity index is 1170. The maximum Gasteiger partial charge on any atom is 0.328 e. The Labute approximate surface area is 175 Å². The standard InChI is InChI=1S/C20H18N4O7/c1-2-31-20(26)17(9-12-11-21-16-6-4-3-5-14(12)16)22-19(25)15-8-7-13(23(27)28)10-18(15)24(29)30/h3-8,10-11,17,21H,2,9H2,1H3,(H,22,25)/t17-/m0/s1. The van der Waals surface area contributed by atoms with Gasteiger partial charge in [-0.3, -0.25) is 25.0 Å². The number of hydrogen-bond acceptors (Lipinski definition) is 7. The third-order valence-corrected chi connectivity index (χ3v) is 4.61. The molecule has 3 rings (SSSR count). The van der Waals surface area contributed by atoms with E-state index in [1.54, 1.807) is 13.1 Å². The average Bonchev–Trinajstić information content (AvgIpc) is 3.15. The molecule has 1 amide bonds. The first-order valence-electron chi connectivity index (χ1n) is 9.27. The van der Waals surface area contributed by atoms with Crippen LogP contribution < -0.4 is 5.32 Å². The van der Waals surface area contributed by atoms with E-state index < -0.39 is 44.7 Å². The number of non-ortho nitro benzene ring substituents is 1. The van der Waals surface area contributed by atoms with Crippen LogP contribution in [0.15, 0.2) is 48.7 Å². The van der Waals surface area contributed by atoms with Gasteiger partial charge in [0.2, 0.25) is 0 Å². The number of para-hydroxylation sites is 1. The molecule has 3 aromatic rings. The normalized spacial score (nSPS) is 11.6. The van der Waals surface area contributed by atoms with Crippen LogP contribution in [0, 0.1) is 20.2 Å². The van der Waals surface area contributed by atoms with Gasteiger partial charge in [-0.05, 0) is 24.6 Å². The van der Waals surface area contributed by atoms with Crippen molar-refractivity contribution >= 4 is 34.2 Å². The summed E-state index contributed by atoms with van der Waals surface area (Å²) in [5, 5.41) is 25.5. The van der Waals surface area contributed by atoms with Crippen molar-refractivity contribution in [3.05, 3.63) is 80.0 Å². The van der Waals surface area contributed by atoms with Gasteiger partial charge in [0.05, 0.1) is 22.5 Å². The fourth-order valence-electron chi connectivity index (χ4n) is 3.17. The number of hydrogen-bond donors (Lipinski definition) is 2. The lowest BCUT2D eigenvalue weighted by Crippen LogP contribution is -2.43. The Hall–Kier alpha value is -4.28. The number of ether oxygens (including phenoxy) is 1. The fourth-order valence-corrected chi connectivity index (χ4v) is 3.17. The lowest BCUT2D eigenvalue weighted by atomic mass is 10.0. The van der Waals surface area contributed by atoms with Gasteiger partial charge in [-0.15, -0.1) is 0 Å². The van der Waals surface area contributed by atoms with Gasteiger partial charge < -0.3 is 15.0 Å². The highest BCUT2D eigenvalue weighted by Gasteiger charge is 2.29. The molecule has 1 heterocycles. The summed E-state index contributed by atoms with van der Waals surface area (Å²) in [7, 11) is 0. The Kier molecular flexibility index (Phi) is 6.24. The minimum Gasteiger partial charge on any atom is -0.464 e. The minimum absolute atomic E-state index is 0.0787. The molecule has 160 valence electrons. The number of aromatic nitrogens is 1. The second-order valence-corrected chi connectivity index (χ2v) is 6.56. The molecule has 0 bridgehead atoms. The number of rotatable bonds is 8. The lowest BCUT2D eigenvalue weighted by Gasteiger charge is -2.17. The van der Waals surface area contributed by atoms with E-state index in [-0.39, 0.29) is 13.0 Å². The SMILES string of the molecule is CCOC(=O)[C@H](Cc1c[nH]c2ccccc12)NC(=O)c1ccc([N+](=O)[O-])cc1[N+](=O)[O-]. The first-order valence-corrected chi connectivity index (χ1v) is 9.27. The largest absolute Gasteiger partial charge is 0.464 e. The number of H-pyrrole nitrogens is 1. The molecule has 0 aliphatic carbocycles. The van der Waals surface area contributed by atoms with Crippen molar-refractivity contribution in [2.45, 2.75) is 19.4 Å². The highest BCUT2D eigenvalue weighted by molar-refractivity contribution is 6.00. The van der Waals surface area contributed by atoms with Crippen LogP contribution >= 0.6 is 0 Å². The number of nitrogens with one attached hydrogen (secondary N) is 2. The second kappa shape index (κ2) is 9.03. The number of carbonyl (C=O) groups excluding carboxylic acids is 2. The highest BCUT2D eigenvalue weighted by atomic mass is 16.6. The van der Waals surface area contributed by atoms with E-state index in [1.165, 1.54) is 0 Å². The first-order chi connectivity index (χ1) is 14.8. The van der Waals surface area contributed by atoms with Gasteiger partial charge in [0, 0.05) is 29.6 Å². The summed E-state index contributed by atoms with van der Waals surface area (Å²) < 4.78 is 5.04. The number of nitrogens with zero attached hydrogens (tertiary/aromatic N) is 2. The Balaban J connectivity index is 1.91. The van der Waals surface area contributed by atoms with Crippen molar-refractivity contribution < 1.29 is 24.2 Å². The third kappa shape index (κ3) is 4.66. The van der Waals surface area contributed by atoms with Crippen LogP contribution in [0.5, 0.6) is 0 Å². The van der Waals surface area contributed by atoms with Gasteiger partial charge >= 0.3 is 5.97 Å². The van der Waals surface area contributed by atoms with E-state index in [2.05, 4.69) is 10.3 Å². The zero-order valence-corrected chi connectivity index (χ0v) is 16.4. The van der Waals surface area contributed by atoms with Crippen LogP contribution in [0.4, 0.5) is 11.4 Å². The molecule has 0 aliphatic heterocycles. The van der Waals surface area contributed by atoms with Crippen LogP contribution in [0.1, 0.15) is 22.8 Å². The Morgan fingerprint density at radius 1 is 1.13 bits per heavy atom. The molecule has 11 nitrogen and oxygen atoms in total. The van der Waals surface area contributed by atoms with Crippen molar-refractivity contribution in [1.29, 1.82) is 0 Å². The van der Waals surface area contributed by atoms with E-state index in [1.807, 2.05) is 24.3 Å². The molecule has 1 aromatic heterocycles. The number of esters is 1. The maximum absolute atomic E-state index is 12.8. The van der Waals surface area contributed by atoms with Crippen molar-refractivity contribution in [2.24, 2.45) is 0 Å². The number of fused-ring (bicyclic) bond motifs is 1. The molecule has 0 radical (unpaired) electrons. The van der Waals surface area contributed by atoms with E-state index in [0.29, 0.717) is 6.07 Å². The number of aromatic amines is 1. The number of amides is 1. The van der Waals surface area contributed by atoms with E-state index in [0.717, 1.165) is 28.6 Å². The number of nitro benzene ring substituents is 2. The number of carbonyl (C=O) groups is 2. The molecule has 0 spiro atoms. The molecular formula is C20H18N4O7. The van der Waals surface area contributed by atoms with Crippen molar-refractivity contribution in [3.8, 4) is 0 Å². The summed E-state index contributed by atoms with van der Waals surface area (Å²) in [6.07, 6.45) is 1.78. The van der Waals surface area contributed by atoms with Crippen LogP contribution in [-0.2, 0) is 16.0 Å². The first kappa shape index (κ1) is 21.4. The van der Waals surface area contributed by atoms with E-state index in [4.69, 9.17) is 4.74 Å². The number of nitro groups is 2. The summed E-state index contributed by atoms with van der Waals surface area (Å²) in [6, 6.07) is 8.94. The van der Waals surface area contributed by atoms with Crippen LogP contribution in [0.3, 0.4) is 0 Å². The average molecular weight is 426 g/mol. The van der Waals surface area contributed by atoms with Crippen LogP contribution in [-0.4, -0.2) is 39.4 Å². The smallest absolute Gasteiger partial charge is 0.328 e. The summed E-state index contributed by atoms with van der Waals surface area (Å²) >= 11 is 0. The van der Waals surface area contributed by atoms with Gasteiger partial charge in [0.1, 0.15) is 11.6 Å². The second-order valence-electron chi connectivity index (χ2n) is 6.56. The summed E-state index contributed by atoms with van der Waals surface area (Å²) in [5.74, 6) is -1.62. The van der Waals surface area contributed by atoms with E-state index in [9.17, 15) is 29.8 Å². The van der Waals surface area contributed by atoms with Gasteiger partial charge in [-0.2, -0.15) is 0 Å². The van der Waals surface area contributed by atoms with Crippen LogP contribution in [0.25, 0.3) is 10.9 Å². The summed E-state index contributed by atoms with van der Waals surface area (Å²) in [6.45, 7) is 1.69. The third-order valence-electron chi connectivity index (χ3n) is 4.61. The topological polar surface area (TPSA) is 157 Å². The molecule has 0 aliphatic rings. The molecule has 0 fully saturated rings. The van der Waals surface area contributed by atoms with Crippen molar-refractivity contribution in [1.82, 2.24) is 10.3 Å². The molecule has 0 unspecified atom stereocenters. The highest BCUT2D eigenvalue weighted by Crippen LogP contribution is 2.25.